The molecule has 0 saturated heterocycles. The molecule has 0 saturated carbocycles. The Kier molecular flexibility index (Phi) is 6.59. The van der Waals surface area contributed by atoms with Crippen LogP contribution in [0.25, 0.3) is 0 Å². The molecule has 1 aromatic carbocycles. The summed E-state index contributed by atoms with van der Waals surface area (Å²) in [5, 5.41) is 1.25. The molecule has 0 aliphatic rings. The molecule has 1 aromatic rings. The van der Waals surface area contributed by atoms with Crippen LogP contribution in [0.3, 0.4) is 0 Å². The third-order valence-corrected chi connectivity index (χ3v) is 3.25. The van der Waals surface area contributed by atoms with E-state index in [4.69, 9.17) is 27.9 Å². The lowest BCUT2D eigenvalue weighted by atomic mass is 9.96. The minimum atomic E-state index is 0.338. The molecule has 0 amide bonds. The Labute approximate surface area is 120 Å². The van der Waals surface area contributed by atoms with Gasteiger partial charge in [0.15, 0.2) is 0 Å². The molecule has 0 spiro atoms. The predicted octanol–water partition coefficient (Wildman–Crippen LogP) is 5.85. The Morgan fingerprint density at radius 1 is 1.22 bits per heavy atom. The van der Waals surface area contributed by atoms with E-state index in [0.717, 1.165) is 24.2 Å². The summed E-state index contributed by atoms with van der Waals surface area (Å²) in [6.45, 7) is 6.84. The van der Waals surface area contributed by atoms with Crippen molar-refractivity contribution in [1.82, 2.24) is 0 Å². The summed E-state index contributed by atoms with van der Waals surface area (Å²) in [5.74, 6) is 1.10. The molecule has 0 aromatic heterocycles. The second kappa shape index (κ2) is 7.70. The summed E-state index contributed by atoms with van der Waals surface area (Å²) in [6, 6.07) is 3.68. The highest BCUT2D eigenvalue weighted by atomic mass is 35.5. The minimum Gasteiger partial charge on any atom is -0.492 e. The fourth-order valence-electron chi connectivity index (χ4n) is 1.84. The molecule has 1 unspecified atom stereocenters. The van der Waals surface area contributed by atoms with Crippen LogP contribution >= 0.6 is 23.2 Å². The van der Waals surface area contributed by atoms with Gasteiger partial charge in [-0.25, -0.2) is 0 Å². The molecule has 0 N–H and O–H groups in total. The molecule has 18 heavy (non-hydrogen) atoms. The Hall–Kier alpha value is -0.660. The van der Waals surface area contributed by atoms with Gasteiger partial charge < -0.3 is 4.74 Å². The highest BCUT2D eigenvalue weighted by Crippen LogP contribution is 2.38. The molecule has 0 fully saturated rings. The van der Waals surface area contributed by atoms with E-state index in [1.54, 1.807) is 6.07 Å². The van der Waals surface area contributed by atoms with Crippen molar-refractivity contribution in [3.63, 3.8) is 0 Å². The number of rotatable bonds is 6. The second-order valence-electron chi connectivity index (χ2n) is 4.26. The van der Waals surface area contributed by atoms with E-state index in [1.807, 2.05) is 13.0 Å². The number of benzene rings is 1. The van der Waals surface area contributed by atoms with E-state index in [9.17, 15) is 0 Å². The van der Waals surface area contributed by atoms with Crippen molar-refractivity contribution in [2.24, 2.45) is 0 Å². The van der Waals surface area contributed by atoms with Crippen molar-refractivity contribution >= 4 is 23.2 Å². The van der Waals surface area contributed by atoms with Gasteiger partial charge in [0.05, 0.1) is 11.6 Å². The molecule has 0 aliphatic heterocycles. The van der Waals surface area contributed by atoms with Crippen molar-refractivity contribution in [2.75, 3.05) is 6.61 Å². The minimum absolute atomic E-state index is 0.338. The van der Waals surface area contributed by atoms with Crippen LogP contribution in [0.4, 0.5) is 0 Å². The zero-order chi connectivity index (χ0) is 13.5. The predicted molar refractivity (Wildman–Crippen MR) is 80.1 cm³/mol. The van der Waals surface area contributed by atoms with E-state index in [2.05, 4.69) is 26.0 Å². The summed E-state index contributed by atoms with van der Waals surface area (Å²) < 4.78 is 5.64. The standard InChI is InChI=1S/C15H20Cl2O/c1-4-6-7-8-11(3)13-9-12(16)10-14(17)15(13)18-5-2/h6-7,9-11H,4-5,8H2,1-3H3/b7-6-. The van der Waals surface area contributed by atoms with Crippen molar-refractivity contribution in [3.8, 4) is 5.75 Å². The van der Waals surface area contributed by atoms with Crippen LogP contribution in [0, 0.1) is 0 Å². The third kappa shape index (κ3) is 4.22. The van der Waals surface area contributed by atoms with E-state index in [0.29, 0.717) is 22.6 Å². The van der Waals surface area contributed by atoms with Crippen molar-refractivity contribution in [2.45, 2.75) is 39.5 Å². The molecule has 1 atom stereocenters. The van der Waals surface area contributed by atoms with Gasteiger partial charge >= 0.3 is 0 Å². The van der Waals surface area contributed by atoms with Gasteiger partial charge in [-0.1, -0.05) is 49.2 Å². The molecule has 0 bridgehead atoms. The molecule has 100 valence electrons. The zero-order valence-corrected chi connectivity index (χ0v) is 12.7. The van der Waals surface area contributed by atoms with Crippen LogP contribution in [0.5, 0.6) is 5.75 Å². The first-order valence-corrected chi connectivity index (χ1v) is 7.12. The lowest BCUT2D eigenvalue weighted by molar-refractivity contribution is 0.335. The first-order chi connectivity index (χ1) is 8.60. The lowest BCUT2D eigenvalue weighted by Gasteiger charge is -2.17. The summed E-state index contributed by atoms with van der Waals surface area (Å²) in [4.78, 5) is 0. The monoisotopic (exact) mass is 286 g/mol. The highest BCUT2D eigenvalue weighted by molar-refractivity contribution is 6.35. The van der Waals surface area contributed by atoms with Gasteiger partial charge in [-0.05, 0) is 37.8 Å². The van der Waals surface area contributed by atoms with Gasteiger partial charge in [0.25, 0.3) is 0 Å². The Balaban J connectivity index is 3.00. The molecular formula is C15H20Cl2O. The molecule has 0 heterocycles. The Morgan fingerprint density at radius 2 is 1.94 bits per heavy atom. The van der Waals surface area contributed by atoms with Crippen LogP contribution in [0.1, 0.15) is 45.1 Å². The summed E-state index contributed by atoms with van der Waals surface area (Å²) in [6.07, 6.45) is 6.38. The van der Waals surface area contributed by atoms with E-state index < -0.39 is 0 Å². The lowest BCUT2D eigenvalue weighted by Crippen LogP contribution is -2.01. The maximum atomic E-state index is 6.19. The SMILES string of the molecule is CC/C=C\CC(C)c1cc(Cl)cc(Cl)c1OCC. The third-order valence-electron chi connectivity index (χ3n) is 2.75. The number of allylic oxidation sites excluding steroid dienone is 2. The second-order valence-corrected chi connectivity index (χ2v) is 5.10. The first-order valence-electron chi connectivity index (χ1n) is 6.36. The maximum absolute atomic E-state index is 6.19. The van der Waals surface area contributed by atoms with Crippen LogP contribution in [-0.4, -0.2) is 6.61 Å². The Bertz CT molecular complexity index is 413. The molecule has 0 radical (unpaired) electrons. The molecule has 3 heteroatoms. The number of hydrogen-bond acceptors (Lipinski definition) is 1. The zero-order valence-electron chi connectivity index (χ0n) is 11.2. The van der Waals surface area contributed by atoms with Gasteiger partial charge in [-0.3, -0.25) is 0 Å². The van der Waals surface area contributed by atoms with Gasteiger partial charge in [0.1, 0.15) is 5.75 Å². The molecule has 1 rings (SSSR count). The van der Waals surface area contributed by atoms with E-state index in [-0.39, 0.29) is 0 Å². The highest BCUT2D eigenvalue weighted by Gasteiger charge is 2.15. The van der Waals surface area contributed by atoms with Crippen molar-refractivity contribution < 1.29 is 4.74 Å². The fourth-order valence-corrected chi connectivity index (χ4v) is 2.40. The quantitative estimate of drug-likeness (QED) is 0.596. The van der Waals surface area contributed by atoms with Crippen LogP contribution in [0.2, 0.25) is 10.0 Å². The smallest absolute Gasteiger partial charge is 0.141 e. The van der Waals surface area contributed by atoms with Gasteiger partial charge in [-0.2, -0.15) is 0 Å². The number of ether oxygens (including phenoxy) is 1. The molecule has 0 aliphatic carbocycles. The van der Waals surface area contributed by atoms with E-state index in [1.165, 1.54) is 0 Å². The summed E-state index contributed by atoms with van der Waals surface area (Å²) in [7, 11) is 0. The summed E-state index contributed by atoms with van der Waals surface area (Å²) >= 11 is 12.3. The van der Waals surface area contributed by atoms with Crippen molar-refractivity contribution in [3.05, 3.63) is 39.9 Å². The van der Waals surface area contributed by atoms with Crippen molar-refractivity contribution in [1.29, 1.82) is 0 Å². The number of hydrogen-bond donors (Lipinski definition) is 0. The fraction of sp³-hybridized carbons (Fsp3) is 0.467. The van der Waals surface area contributed by atoms with Crippen LogP contribution in [0.15, 0.2) is 24.3 Å². The van der Waals surface area contributed by atoms with Gasteiger partial charge in [0.2, 0.25) is 0 Å². The van der Waals surface area contributed by atoms with Crippen LogP contribution in [-0.2, 0) is 0 Å². The normalized spacial score (nSPS) is 12.9. The van der Waals surface area contributed by atoms with Gasteiger partial charge in [-0.15, -0.1) is 0 Å². The molecule has 1 nitrogen and oxygen atoms in total. The van der Waals surface area contributed by atoms with Gasteiger partial charge in [0, 0.05) is 10.6 Å². The largest absolute Gasteiger partial charge is 0.492 e. The number of halogens is 2. The maximum Gasteiger partial charge on any atom is 0.141 e. The van der Waals surface area contributed by atoms with Crippen LogP contribution < -0.4 is 4.74 Å². The molecular weight excluding hydrogens is 267 g/mol. The summed E-state index contributed by atoms with van der Waals surface area (Å²) in [5.41, 5.74) is 1.08. The first kappa shape index (κ1) is 15.4. The average Bonchev–Trinajstić information content (AvgIpc) is 2.32. The Morgan fingerprint density at radius 3 is 2.56 bits per heavy atom. The topological polar surface area (TPSA) is 9.23 Å². The average molecular weight is 287 g/mol. The van der Waals surface area contributed by atoms with E-state index >= 15 is 0 Å².